The Labute approximate surface area is 87.3 Å². The molecule has 2 aliphatic rings. The molecular weight excluding hydrogens is 198 g/mol. The summed E-state index contributed by atoms with van der Waals surface area (Å²) in [7, 11) is 0. The maximum Gasteiger partial charge on any atom is 0.133 e. The fourth-order valence-electron chi connectivity index (χ4n) is 2.82. The fourth-order valence-corrected chi connectivity index (χ4v) is 3.00. The van der Waals surface area contributed by atoms with Gasteiger partial charge in [-0.2, -0.15) is 0 Å². The number of halogens is 1. The first kappa shape index (κ1) is 8.42. The number of aromatic nitrogens is 1. The number of hydrogen-bond donors (Lipinski definition) is 0. The number of carbonyl (C=O) groups is 1. The largest absolute Gasteiger partial charge is 0.300 e. The second kappa shape index (κ2) is 2.57. The summed E-state index contributed by atoms with van der Waals surface area (Å²) in [6, 6.07) is 1.93. The molecule has 1 fully saturated rings. The molecule has 0 aromatic carbocycles. The van der Waals surface area contributed by atoms with Crippen LogP contribution in [0.1, 0.15) is 24.0 Å². The Morgan fingerprint density at radius 2 is 2.43 bits per heavy atom. The van der Waals surface area contributed by atoms with Crippen molar-refractivity contribution in [3.8, 4) is 0 Å². The van der Waals surface area contributed by atoms with E-state index in [4.69, 9.17) is 11.6 Å². The Bertz CT molecular complexity index is 429. The van der Waals surface area contributed by atoms with Gasteiger partial charge in [0.15, 0.2) is 0 Å². The molecule has 14 heavy (non-hydrogen) atoms. The highest BCUT2D eigenvalue weighted by molar-refractivity contribution is 6.29. The smallest absolute Gasteiger partial charge is 0.133 e. The average molecular weight is 208 g/mol. The first-order chi connectivity index (χ1) is 6.68. The summed E-state index contributed by atoms with van der Waals surface area (Å²) in [5.74, 6) is 1.58. The number of carbonyl (C=O) groups excluding carboxylic acids is 1. The standard InChI is InChI=1S/C11H10ClNO/c1-5(14)10-7-2-6-3-9(12)13-4-8(6)11(7)10/h3-4,7,10-11H,2H2,1H3/t7-,10-,11+/m0/s1. The average Bonchev–Trinajstić information content (AvgIpc) is 2.70. The van der Waals surface area contributed by atoms with Crippen LogP contribution in [0.25, 0.3) is 0 Å². The van der Waals surface area contributed by atoms with E-state index in [-0.39, 0.29) is 5.92 Å². The molecule has 1 aromatic rings. The monoisotopic (exact) mass is 207 g/mol. The van der Waals surface area contributed by atoms with Crippen molar-refractivity contribution in [2.24, 2.45) is 11.8 Å². The molecule has 2 aliphatic carbocycles. The number of pyridine rings is 1. The second-order valence-corrected chi connectivity index (χ2v) is 4.62. The lowest BCUT2D eigenvalue weighted by Crippen LogP contribution is -2.02. The molecule has 0 N–H and O–H groups in total. The molecule has 3 atom stereocenters. The van der Waals surface area contributed by atoms with Crippen molar-refractivity contribution in [3.05, 3.63) is 28.5 Å². The predicted molar refractivity (Wildman–Crippen MR) is 53.4 cm³/mol. The second-order valence-electron chi connectivity index (χ2n) is 4.24. The molecule has 0 unspecified atom stereocenters. The van der Waals surface area contributed by atoms with Gasteiger partial charge in [0.2, 0.25) is 0 Å². The van der Waals surface area contributed by atoms with Gasteiger partial charge in [-0.05, 0) is 42.4 Å². The minimum Gasteiger partial charge on any atom is -0.300 e. The normalized spacial score (nSPS) is 32.3. The summed E-state index contributed by atoms with van der Waals surface area (Å²) >= 11 is 5.81. The van der Waals surface area contributed by atoms with Gasteiger partial charge in [-0.3, -0.25) is 4.79 Å². The van der Waals surface area contributed by atoms with Crippen LogP contribution in [-0.2, 0) is 11.2 Å². The van der Waals surface area contributed by atoms with E-state index >= 15 is 0 Å². The van der Waals surface area contributed by atoms with Gasteiger partial charge in [0.25, 0.3) is 0 Å². The molecule has 0 radical (unpaired) electrons. The zero-order chi connectivity index (χ0) is 9.87. The van der Waals surface area contributed by atoms with Crippen LogP contribution in [0.4, 0.5) is 0 Å². The van der Waals surface area contributed by atoms with Crippen molar-refractivity contribution >= 4 is 17.4 Å². The molecule has 72 valence electrons. The van der Waals surface area contributed by atoms with Crippen molar-refractivity contribution in [2.45, 2.75) is 19.3 Å². The van der Waals surface area contributed by atoms with Crippen LogP contribution in [0.3, 0.4) is 0 Å². The Morgan fingerprint density at radius 1 is 1.64 bits per heavy atom. The quantitative estimate of drug-likeness (QED) is 0.661. The highest BCUT2D eigenvalue weighted by atomic mass is 35.5. The number of rotatable bonds is 1. The Balaban J connectivity index is 1.99. The molecule has 3 rings (SSSR count). The maximum absolute atomic E-state index is 11.2. The molecule has 0 amide bonds. The van der Waals surface area contributed by atoms with E-state index in [1.807, 2.05) is 12.3 Å². The molecular formula is C11H10ClNO. The highest BCUT2D eigenvalue weighted by Gasteiger charge is 2.57. The highest BCUT2D eigenvalue weighted by Crippen LogP contribution is 2.61. The zero-order valence-corrected chi connectivity index (χ0v) is 8.58. The minimum absolute atomic E-state index is 0.269. The minimum atomic E-state index is 0.269. The van der Waals surface area contributed by atoms with E-state index in [9.17, 15) is 4.79 Å². The van der Waals surface area contributed by atoms with Gasteiger partial charge >= 0.3 is 0 Å². The van der Waals surface area contributed by atoms with Gasteiger partial charge in [-0.1, -0.05) is 11.6 Å². The number of fused-ring (bicyclic) bond motifs is 3. The van der Waals surface area contributed by atoms with Crippen molar-refractivity contribution in [1.82, 2.24) is 4.98 Å². The van der Waals surface area contributed by atoms with Gasteiger partial charge in [0.05, 0.1) is 0 Å². The third-order valence-electron chi connectivity index (χ3n) is 3.44. The Morgan fingerprint density at radius 3 is 3.14 bits per heavy atom. The summed E-state index contributed by atoms with van der Waals surface area (Å²) in [5, 5.41) is 0.560. The van der Waals surface area contributed by atoms with E-state index < -0.39 is 0 Å². The molecule has 0 aliphatic heterocycles. The van der Waals surface area contributed by atoms with Gasteiger partial charge in [-0.25, -0.2) is 4.98 Å². The van der Waals surface area contributed by atoms with E-state index in [2.05, 4.69) is 4.98 Å². The van der Waals surface area contributed by atoms with E-state index in [0.717, 1.165) is 6.42 Å². The van der Waals surface area contributed by atoms with Crippen molar-refractivity contribution in [3.63, 3.8) is 0 Å². The molecule has 0 saturated heterocycles. The van der Waals surface area contributed by atoms with Crippen LogP contribution < -0.4 is 0 Å². The predicted octanol–water partition coefficient (Wildman–Crippen LogP) is 2.21. The topological polar surface area (TPSA) is 30.0 Å². The van der Waals surface area contributed by atoms with E-state index in [1.54, 1.807) is 6.92 Å². The van der Waals surface area contributed by atoms with Crippen molar-refractivity contribution in [2.75, 3.05) is 0 Å². The molecule has 1 heterocycles. The van der Waals surface area contributed by atoms with Crippen LogP contribution in [0.15, 0.2) is 12.3 Å². The summed E-state index contributed by atoms with van der Waals surface area (Å²) in [6.07, 6.45) is 2.84. The molecule has 3 heteroatoms. The zero-order valence-electron chi connectivity index (χ0n) is 7.83. The van der Waals surface area contributed by atoms with Gasteiger partial charge in [-0.15, -0.1) is 0 Å². The molecule has 2 nitrogen and oxygen atoms in total. The fraction of sp³-hybridized carbons (Fsp3) is 0.455. The SMILES string of the molecule is CC(=O)[C@H]1[C@@H]2Cc3cc(Cl)ncc3[C@@H]21. The third kappa shape index (κ3) is 0.976. The van der Waals surface area contributed by atoms with E-state index in [1.165, 1.54) is 11.1 Å². The van der Waals surface area contributed by atoms with Gasteiger partial charge < -0.3 is 0 Å². The summed E-state index contributed by atoms with van der Waals surface area (Å²) in [5.41, 5.74) is 2.54. The lowest BCUT2D eigenvalue weighted by molar-refractivity contribution is -0.118. The van der Waals surface area contributed by atoms with Crippen LogP contribution in [-0.4, -0.2) is 10.8 Å². The van der Waals surface area contributed by atoms with Gasteiger partial charge in [0.1, 0.15) is 10.9 Å². The lowest BCUT2D eigenvalue weighted by atomic mass is 10.0. The number of nitrogens with zero attached hydrogens (tertiary/aromatic N) is 1. The third-order valence-corrected chi connectivity index (χ3v) is 3.65. The lowest BCUT2D eigenvalue weighted by Gasteiger charge is -2.04. The van der Waals surface area contributed by atoms with E-state index in [0.29, 0.717) is 22.8 Å². The molecule has 1 aromatic heterocycles. The molecule has 0 bridgehead atoms. The van der Waals surface area contributed by atoms with Crippen molar-refractivity contribution < 1.29 is 4.79 Å². The summed E-state index contributed by atoms with van der Waals surface area (Å²) in [4.78, 5) is 15.3. The maximum atomic E-state index is 11.2. The Hall–Kier alpha value is -0.890. The summed E-state index contributed by atoms with van der Waals surface area (Å²) < 4.78 is 0. The summed E-state index contributed by atoms with van der Waals surface area (Å²) in [6.45, 7) is 1.69. The molecule has 0 spiro atoms. The number of ketones is 1. The Kier molecular flexibility index (Phi) is 1.55. The van der Waals surface area contributed by atoms with Gasteiger partial charge in [0, 0.05) is 12.1 Å². The van der Waals surface area contributed by atoms with Crippen molar-refractivity contribution in [1.29, 1.82) is 0 Å². The number of Topliss-reactive ketones (excluding diaryl/α,β-unsaturated/α-hetero) is 1. The first-order valence-corrected chi connectivity index (χ1v) is 5.21. The number of hydrogen-bond acceptors (Lipinski definition) is 2. The van der Waals surface area contributed by atoms with Crippen LogP contribution in [0.5, 0.6) is 0 Å². The van der Waals surface area contributed by atoms with Crippen LogP contribution in [0, 0.1) is 11.8 Å². The van der Waals surface area contributed by atoms with Crippen LogP contribution in [0.2, 0.25) is 5.15 Å². The first-order valence-electron chi connectivity index (χ1n) is 4.83. The van der Waals surface area contributed by atoms with Crippen LogP contribution >= 0.6 is 11.6 Å². The molecule has 1 saturated carbocycles.